The van der Waals surface area contributed by atoms with Gasteiger partial charge in [-0.2, -0.15) is 0 Å². The Bertz CT molecular complexity index is 527. The molecule has 104 valence electrons. The number of ether oxygens (including phenoxy) is 1. The topological polar surface area (TPSA) is 34.1 Å². The third-order valence-corrected chi connectivity index (χ3v) is 3.92. The second-order valence-corrected chi connectivity index (χ2v) is 6.32. The number of fused-ring (bicyclic) bond motifs is 1. The fourth-order valence-corrected chi connectivity index (χ4v) is 2.79. The minimum atomic E-state index is 0.696. The van der Waals surface area contributed by atoms with Crippen LogP contribution in [0.1, 0.15) is 20.3 Å². The average Bonchev–Trinajstić information content (AvgIpc) is 2.75. The van der Waals surface area contributed by atoms with Crippen LogP contribution in [0.25, 0.3) is 10.2 Å². The number of nitrogens with zero attached hydrogens (tertiary/aromatic N) is 1. The number of benzene rings is 1. The SMILES string of the molecule is CC(C)CCOCCNc1nc2ccc(Cl)cc2s1. The minimum absolute atomic E-state index is 0.696. The van der Waals surface area contributed by atoms with Crippen molar-refractivity contribution in [3.05, 3.63) is 23.2 Å². The average molecular weight is 299 g/mol. The predicted molar refractivity (Wildman–Crippen MR) is 83.4 cm³/mol. The van der Waals surface area contributed by atoms with E-state index in [1.807, 2.05) is 18.2 Å². The van der Waals surface area contributed by atoms with Crippen molar-refractivity contribution in [3.8, 4) is 0 Å². The molecule has 0 atom stereocenters. The van der Waals surface area contributed by atoms with E-state index in [1.54, 1.807) is 11.3 Å². The first-order valence-corrected chi connectivity index (χ1v) is 7.72. The van der Waals surface area contributed by atoms with E-state index in [-0.39, 0.29) is 0 Å². The Morgan fingerprint density at radius 2 is 2.21 bits per heavy atom. The molecule has 5 heteroatoms. The fourth-order valence-electron chi connectivity index (χ4n) is 1.63. The summed E-state index contributed by atoms with van der Waals surface area (Å²) in [5, 5.41) is 4.95. The molecule has 1 aromatic heterocycles. The van der Waals surface area contributed by atoms with Crippen LogP contribution in [-0.4, -0.2) is 24.7 Å². The van der Waals surface area contributed by atoms with Gasteiger partial charge in [-0.05, 0) is 30.5 Å². The van der Waals surface area contributed by atoms with Crippen molar-refractivity contribution >= 4 is 38.3 Å². The second kappa shape index (κ2) is 7.08. The minimum Gasteiger partial charge on any atom is -0.380 e. The Labute approximate surface area is 122 Å². The van der Waals surface area contributed by atoms with Crippen molar-refractivity contribution in [2.24, 2.45) is 5.92 Å². The van der Waals surface area contributed by atoms with Crippen LogP contribution in [0, 0.1) is 5.92 Å². The van der Waals surface area contributed by atoms with Crippen LogP contribution < -0.4 is 5.32 Å². The van der Waals surface area contributed by atoms with Crippen LogP contribution in [0.15, 0.2) is 18.2 Å². The molecule has 2 aromatic rings. The number of hydrogen-bond donors (Lipinski definition) is 1. The largest absolute Gasteiger partial charge is 0.380 e. The van der Waals surface area contributed by atoms with Gasteiger partial charge in [-0.3, -0.25) is 0 Å². The van der Waals surface area contributed by atoms with Crippen molar-refractivity contribution in [1.82, 2.24) is 4.98 Å². The molecule has 2 rings (SSSR count). The van der Waals surface area contributed by atoms with Gasteiger partial charge in [-0.1, -0.05) is 36.8 Å². The van der Waals surface area contributed by atoms with E-state index in [2.05, 4.69) is 24.1 Å². The molecule has 1 aromatic carbocycles. The van der Waals surface area contributed by atoms with E-state index < -0.39 is 0 Å². The molecule has 0 fully saturated rings. The Hall–Kier alpha value is -0.840. The lowest BCUT2D eigenvalue weighted by molar-refractivity contribution is 0.132. The van der Waals surface area contributed by atoms with Crippen LogP contribution in [0.2, 0.25) is 5.02 Å². The van der Waals surface area contributed by atoms with Gasteiger partial charge in [-0.15, -0.1) is 0 Å². The van der Waals surface area contributed by atoms with Crippen molar-refractivity contribution in [1.29, 1.82) is 0 Å². The summed E-state index contributed by atoms with van der Waals surface area (Å²) in [5.74, 6) is 0.696. The van der Waals surface area contributed by atoms with Gasteiger partial charge in [0.15, 0.2) is 5.13 Å². The predicted octanol–water partition coefficient (Wildman–Crippen LogP) is 4.42. The molecule has 3 nitrogen and oxygen atoms in total. The van der Waals surface area contributed by atoms with Gasteiger partial charge >= 0.3 is 0 Å². The third kappa shape index (κ3) is 4.64. The van der Waals surface area contributed by atoms with Crippen LogP contribution in [0.3, 0.4) is 0 Å². The first-order chi connectivity index (χ1) is 9.15. The number of aromatic nitrogens is 1. The number of rotatable bonds is 7. The molecule has 0 saturated heterocycles. The Balaban J connectivity index is 1.75. The zero-order valence-corrected chi connectivity index (χ0v) is 12.9. The Kier molecular flexibility index (Phi) is 5.43. The standard InChI is InChI=1S/C14H19ClN2OS/c1-10(2)5-7-18-8-6-16-14-17-12-4-3-11(15)9-13(12)19-14/h3-4,9-10H,5-8H2,1-2H3,(H,16,17). The molecule has 0 aliphatic rings. The molecule has 0 aliphatic carbocycles. The zero-order chi connectivity index (χ0) is 13.7. The van der Waals surface area contributed by atoms with E-state index in [4.69, 9.17) is 16.3 Å². The molecule has 0 bridgehead atoms. The highest BCUT2D eigenvalue weighted by molar-refractivity contribution is 7.22. The quantitative estimate of drug-likeness (QED) is 0.768. The van der Waals surface area contributed by atoms with Gasteiger partial charge in [0.05, 0.1) is 16.8 Å². The van der Waals surface area contributed by atoms with Gasteiger partial charge in [0.1, 0.15) is 0 Å². The lowest BCUT2D eigenvalue weighted by Crippen LogP contribution is -2.10. The molecular weight excluding hydrogens is 280 g/mol. The summed E-state index contributed by atoms with van der Waals surface area (Å²) in [7, 11) is 0. The summed E-state index contributed by atoms with van der Waals surface area (Å²) in [4.78, 5) is 4.49. The number of halogens is 1. The maximum atomic E-state index is 5.95. The number of thiazole rings is 1. The molecule has 1 N–H and O–H groups in total. The lowest BCUT2D eigenvalue weighted by Gasteiger charge is -2.06. The molecule has 0 spiro atoms. The summed E-state index contributed by atoms with van der Waals surface area (Å²) in [6.45, 7) is 6.73. The maximum absolute atomic E-state index is 5.95. The van der Waals surface area contributed by atoms with Crippen LogP contribution >= 0.6 is 22.9 Å². The van der Waals surface area contributed by atoms with Crippen LogP contribution in [0.5, 0.6) is 0 Å². The summed E-state index contributed by atoms with van der Waals surface area (Å²) in [6, 6.07) is 5.75. The summed E-state index contributed by atoms with van der Waals surface area (Å²) < 4.78 is 6.66. The third-order valence-electron chi connectivity index (χ3n) is 2.71. The highest BCUT2D eigenvalue weighted by Crippen LogP contribution is 2.27. The monoisotopic (exact) mass is 298 g/mol. The van der Waals surface area contributed by atoms with Gasteiger partial charge < -0.3 is 10.1 Å². The van der Waals surface area contributed by atoms with Crippen LogP contribution in [0.4, 0.5) is 5.13 Å². The Morgan fingerprint density at radius 3 is 3.00 bits per heavy atom. The highest BCUT2D eigenvalue weighted by Gasteiger charge is 2.03. The lowest BCUT2D eigenvalue weighted by atomic mass is 10.1. The first kappa shape index (κ1) is 14.6. The smallest absolute Gasteiger partial charge is 0.183 e. The van der Waals surface area contributed by atoms with Crippen LogP contribution in [-0.2, 0) is 4.74 Å². The summed E-state index contributed by atoms with van der Waals surface area (Å²) >= 11 is 7.57. The van der Waals surface area contributed by atoms with E-state index in [0.29, 0.717) is 12.5 Å². The second-order valence-electron chi connectivity index (χ2n) is 4.85. The fraction of sp³-hybridized carbons (Fsp3) is 0.500. The zero-order valence-electron chi connectivity index (χ0n) is 11.3. The molecule has 1 heterocycles. The summed E-state index contributed by atoms with van der Waals surface area (Å²) in [6.07, 6.45) is 1.11. The van der Waals surface area contributed by atoms with E-state index in [9.17, 15) is 0 Å². The Morgan fingerprint density at radius 1 is 1.37 bits per heavy atom. The van der Waals surface area contributed by atoms with E-state index in [0.717, 1.165) is 39.9 Å². The van der Waals surface area contributed by atoms with Gasteiger partial charge in [0, 0.05) is 18.2 Å². The molecule has 0 amide bonds. The molecule has 0 radical (unpaired) electrons. The van der Waals surface area contributed by atoms with Crippen molar-refractivity contribution in [2.75, 3.05) is 25.1 Å². The maximum Gasteiger partial charge on any atom is 0.183 e. The van der Waals surface area contributed by atoms with E-state index >= 15 is 0 Å². The highest BCUT2D eigenvalue weighted by atomic mass is 35.5. The van der Waals surface area contributed by atoms with Crippen molar-refractivity contribution in [3.63, 3.8) is 0 Å². The van der Waals surface area contributed by atoms with Crippen molar-refractivity contribution in [2.45, 2.75) is 20.3 Å². The number of anilines is 1. The molecule has 0 saturated carbocycles. The molecule has 0 aliphatic heterocycles. The van der Waals surface area contributed by atoms with Crippen molar-refractivity contribution < 1.29 is 4.74 Å². The normalized spacial score (nSPS) is 11.4. The van der Waals surface area contributed by atoms with E-state index in [1.165, 1.54) is 0 Å². The molecular formula is C14H19ClN2OS. The van der Waals surface area contributed by atoms with Gasteiger partial charge in [-0.25, -0.2) is 4.98 Å². The van der Waals surface area contributed by atoms with Gasteiger partial charge in [0.2, 0.25) is 0 Å². The molecule has 19 heavy (non-hydrogen) atoms. The van der Waals surface area contributed by atoms with Gasteiger partial charge in [0.25, 0.3) is 0 Å². The number of nitrogens with one attached hydrogen (secondary N) is 1. The summed E-state index contributed by atoms with van der Waals surface area (Å²) in [5.41, 5.74) is 0.984. The molecule has 0 unspecified atom stereocenters. The number of hydrogen-bond acceptors (Lipinski definition) is 4. The first-order valence-electron chi connectivity index (χ1n) is 6.53.